The molecule has 0 aromatic carbocycles. The van der Waals surface area contributed by atoms with Gasteiger partial charge in [0, 0.05) is 31.7 Å². The molecule has 0 saturated carbocycles. The van der Waals surface area contributed by atoms with Crippen LogP contribution in [0, 0.1) is 5.41 Å². The molecule has 3 nitrogen and oxygen atoms in total. The zero-order chi connectivity index (χ0) is 14.2. The van der Waals surface area contributed by atoms with Crippen LogP contribution >= 0.6 is 0 Å². The topological polar surface area (TPSA) is 35.5 Å². The molecular formula is C15H34N2O. The van der Waals surface area contributed by atoms with Gasteiger partial charge in [-0.1, -0.05) is 27.7 Å². The molecular weight excluding hydrogens is 224 g/mol. The van der Waals surface area contributed by atoms with Crippen LogP contribution in [0.15, 0.2) is 0 Å². The van der Waals surface area contributed by atoms with Gasteiger partial charge in [0.1, 0.15) is 0 Å². The Bertz CT molecular complexity index is 201. The summed E-state index contributed by atoms with van der Waals surface area (Å²) in [5, 5.41) is 12.8. The van der Waals surface area contributed by atoms with Gasteiger partial charge in [-0.25, -0.2) is 0 Å². The lowest BCUT2D eigenvalue weighted by Crippen LogP contribution is -2.47. The molecule has 18 heavy (non-hydrogen) atoms. The number of aliphatic hydroxyl groups excluding tert-OH is 1. The second kappa shape index (κ2) is 8.89. The van der Waals surface area contributed by atoms with E-state index in [0.29, 0.717) is 17.5 Å². The van der Waals surface area contributed by atoms with E-state index in [2.05, 4.69) is 51.8 Å². The molecule has 0 saturated heterocycles. The zero-order valence-electron chi connectivity index (χ0n) is 13.3. The molecule has 3 heteroatoms. The maximum Gasteiger partial charge on any atom is 0.0558 e. The summed E-state index contributed by atoms with van der Waals surface area (Å²) < 4.78 is 0. The van der Waals surface area contributed by atoms with E-state index in [1.165, 1.54) is 12.8 Å². The molecule has 110 valence electrons. The van der Waals surface area contributed by atoms with Gasteiger partial charge in [-0.05, 0) is 32.1 Å². The molecule has 0 heterocycles. The van der Waals surface area contributed by atoms with Crippen LogP contribution in [-0.4, -0.2) is 48.3 Å². The minimum Gasteiger partial charge on any atom is -0.395 e. The van der Waals surface area contributed by atoms with Gasteiger partial charge in [0.2, 0.25) is 0 Å². The second-order valence-electron chi connectivity index (χ2n) is 6.03. The summed E-state index contributed by atoms with van der Waals surface area (Å²) in [6.07, 6.45) is 2.36. The van der Waals surface area contributed by atoms with Crippen LogP contribution in [0.1, 0.15) is 54.4 Å². The number of hydrogen-bond donors (Lipinski definition) is 2. The van der Waals surface area contributed by atoms with Crippen molar-refractivity contribution in [1.29, 1.82) is 0 Å². The molecule has 0 atom stereocenters. The Labute approximate surface area is 114 Å². The van der Waals surface area contributed by atoms with Crippen LogP contribution in [-0.2, 0) is 0 Å². The fourth-order valence-corrected chi connectivity index (χ4v) is 2.28. The third kappa shape index (κ3) is 6.17. The summed E-state index contributed by atoms with van der Waals surface area (Å²) in [5.74, 6) is 0. The quantitative estimate of drug-likeness (QED) is 0.632. The molecule has 0 spiro atoms. The highest BCUT2D eigenvalue weighted by molar-refractivity contribution is 4.84. The molecule has 0 aromatic rings. The Balaban J connectivity index is 4.64. The highest BCUT2D eigenvalue weighted by Crippen LogP contribution is 2.27. The smallest absolute Gasteiger partial charge is 0.0558 e. The molecule has 0 bridgehead atoms. The molecule has 0 aliphatic rings. The van der Waals surface area contributed by atoms with Crippen molar-refractivity contribution >= 4 is 0 Å². The Hall–Kier alpha value is -0.120. The Morgan fingerprint density at radius 2 is 1.67 bits per heavy atom. The Kier molecular flexibility index (Phi) is 8.83. The Morgan fingerprint density at radius 3 is 2.00 bits per heavy atom. The normalized spacial score (nSPS) is 13.0. The highest BCUT2D eigenvalue weighted by Gasteiger charge is 2.29. The maximum atomic E-state index is 9.19. The van der Waals surface area contributed by atoms with Gasteiger partial charge >= 0.3 is 0 Å². The van der Waals surface area contributed by atoms with Crippen molar-refractivity contribution in [3.63, 3.8) is 0 Å². The van der Waals surface area contributed by atoms with E-state index >= 15 is 0 Å². The third-order valence-electron chi connectivity index (χ3n) is 4.04. The maximum absolute atomic E-state index is 9.19. The standard InChI is InChI=1S/C15H34N2O/c1-7-15(8-2,11-16-13(3)4)12-17(9-10-18)14(5)6/h13-14,16,18H,7-12H2,1-6H3. The van der Waals surface area contributed by atoms with Crippen molar-refractivity contribution in [3.8, 4) is 0 Å². The van der Waals surface area contributed by atoms with E-state index in [-0.39, 0.29) is 6.61 Å². The van der Waals surface area contributed by atoms with E-state index in [4.69, 9.17) is 0 Å². The summed E-state index contributed by atoms with van der Waals surface area (Å²) in [4.78, 5) is 2.40. The number of nitrogens with one attached hydrogen (secondary N) is 1. The largest absolute Gasteiger partial charge is 0.395 e. The predicted octanol–water partition coefficient (Wildman–Crippen LogP) is 2.49. The highest BCUT2D eigenvalue weighted by atomic mass is 16.3. The van der Waals surface area contributed by atoms with Crippen LogP contribution in [0.2, 0.25) is 0 Å². The molecule has 0 aromatic heterocycles. The van der Waals surface area contributed by atoms with Crippen molar-refractivity contribution in [1.82, 2.24) is 10.2 Å². The fourth-order valence-electron chi connectivity index (χ4n) is 2.28. The number of nitrogens with zero attached hydrogens (tertiary/aromatic N) is 1. The van der Waals surface area contributed by atoms with Crippen LogP contribution < -0.4 is 5.32 Å². The number of rotatable bonds is 10. The average Bonchev–Trinajstić information content (AvgIpc) is 2.33. The van der Waals surface area contributed by atoms with Crippen molar-refractivity contribution in [2.45, 2.75) is 66.5 Å². The van der Waals surface area contributed by atoms with Crippen LogP contribution in [0.3, 0.4) is 0 Å². The summed E-state index contributed by atoms with van der Waals surface area (Å²) in [7, 11) is 0. The number of aliphatic hydroxyl groups is 1. The van der Waals surface area contributed by atoms with E-state index < -0.39 is 0 Å². The van der Waals surface area contributed by atoms with Gasteiger partial charge in [0.05, 0.1) is 6.61 Å². The monoisotopic (exact) mass is 258 g/mol. The van der Waals surface area contributed by atoms with Crippen LogP contribution in [0.25, 0.3) is 0 Å². The minimum absolute atomic E-state index is 0.249. The van der Waals surface area contributed by atoms with E-state index in [9.17, 15) is 5.11 Å². The summed E-state index contributed by atoms with van der Waals surface area (Å²) in [5.41, 5.74) is 0.323. The molecule has 0 radical (unpaired) electrons. The molecule has 0 fully saturated rings. The predicted molar refractivity (Wildman–Crippen MR) is 79.9 cm³/mol. The molecule has 0 rings (SSSR count). The third-order valence-corrected chi connectivity index (χ3v) is 4.04. The van der Waals surface area contributed by atoms with E-state index in [1.807, 2.05) is 0 Å². The summed E-state index contributed by atoms with van der Waals surface area (Å²) in [6, 6.07) is 1.03. The van der Waals surface area contributed by atoms with Crippen LogP contribution in [0.5, 0.6) is 0 Å². The van der Waals surface area contributed by atoms with E-state index in [0.717, 1.165) is 19.6 Å². The first-order valence-corrected chi connectivity index (χ1v) is 7.49. The van der Waals surface area contributed by atoms with Gasteiger partial charge in [0.25, 0.3) is 0 Å². The first-order valence-electron chi connectivity index (χ1n) is 7.49. The van der Waals surface area contributed by atoms with Crippen molar-refractivity contribution < 1.29 is 5.11 Å². The fraction of sp³-hybridized carbons (Fsp3) is 1.00. The lowest BCUT2D eigenvalue weighted by atomic mass is 9.81. The van der Waals surface area contributed by atoms with Gasteiger partial charge in [-0.15, -0.1) is 0 Å². The molecule has 2 N–H and O–H groups in total. The van der Waals surface area contributed by atoms with Crippen molar-refractivity contribution in [2.75, 3.05) is 26.2 Å². The van der Waals surface area contributed by atoms with Crippen molar-refractivity contribution in [3.05, 3.63) is 0 Å². The molecule has 0 amide bonds. The van der Waals surface area contributed by atoms with E-state index in [1.54, 1.807) is 0 Å². The summed E-state index contributed by atoms with van der Waals surface area (Å²) >= 11 is 0. The van der Waals surface area contributed by atoms with Gasteiger partial charge < -0.3 is 10.4 Å². The SMILES string of the molecule is CCC(CC)(CNC(C)C)CN(CCO)C(C)C. The first kappa shape index (κ1) is 17.9. The van der Waals surface area contributed by atoms with Gasteiger partial charge in [-0.3, -0.25) is 4.90 Å². The second-order valence-corrected chi connectivity index (χ2v) is 6.03. The van der Waals surface area contributed by atoms with Crippen LogP contribution in [0.4, 0.5) is 0 Å². The average molecular weight is 258 g/mol. The zero-order valence-corrected chi connectivity index (χ0v) is 13.3. The molecule has 0 aliphatic carbocycles. The lowest BCUT2D eigenvalue weighted by molar-refractivity contribution is 0.0894. The minimum atomic E-state index is 0.249. The molecule has 0 unspecified atom stereocenters. The van der Waals surface area contributed by atoms with Gasteiger partial charge in [-0.2, -0.15) is 0 Å². The molecule has 0 aliphatic heterocycles. The first-order chi connectivity index (χ1) is 8.40. The Morgan fingerprint density at radius 1 is 1.11 bits per heavy atom. The lowest BCUT2D eigenvalue weighted by Gasteiger charge is -2.39. The van der Waals surface area contributed by atoms with Crippen molar-refractivity contribution in [2.24, 2.45) is 5.41 Å². The summed E-state index contributed by atoms with van der Waals surface area (Å²) in [6.45, 7) is 16.5. The number of hydrogen-bond acceptors (Lipinski definition) is 3. The van der Waals surface area contributed by atoms with Gasteiger partial charge in [0.15, 0.2) is 0 Å².